The van der Waals surface area contributed by atoms with Crippen molar-refractivity contribution in [3.05, 3.63) is 35.9 Å². The van der Waals surface area contributed by atoms with E-state index in [1.165, 1.54) is 5.56 Å². The molecule has 1 fully saturated rings. The normalized spacial score (nSPS) is 16.2. The third-order valence-electron chi connectivity index (χ3n) is 4.74. The van der Waals surface area contributed by atoms with Crippen molar-refractivity contribution < 1.29 is 5.11 Å². The molecule has 6 heteroatoms. The number of nitrogens with zero attached hydrogens (tertiary/aromatic N) is 4. The second-order valence-electron chi connectivity index (χ2n) is 6.94. The van der Waals surface area contributed by atoms with Crippen LogP contribution >= 0.6 is 0 Å². The maximum atomic E-state index is 9.75. The maximum Gasteiger partial charge on any atom is 0.194 e. The highest BCUT2D eigenvalue weighted by Gasteiger charge is 2.19. The van der Waals surface area contributed by atoms with Crippen LogP contribution in [-0.4, -0.2) is 60.8 Å². The Morgan fingerprint density at radius 2 is 2.04 bits per heavy atom. The van der Waals surface area contributed by atoms with E-state index in [0.717, 1.165) is 55.2 Å². The minimum absolute atomic E-state index is 0.180. The topological polar surface area (TPSA) is 64.0 Å². The summed E-state index contributed by atoms with van der Waals surface area (Å²) in [5, 5.41) is 14.3. The molecule has 3 rings (SSSR count). The van der Waals surface area contributed by atoms with Crippen molar-refractivity contribution in [1.82, 2.24) is 15.2 Å². The lowest BCUT2D eigenvalue weighted by Gasteiger charge is -2.32. The van der Waals surface area contributed by atoms with Crippen LogP contribution in [0.2, 0.25) is 0 Å². The highest BCUT2D eigenvalue weighted by molar-refractivity contribution is 5.85. The number of anilines is 1. The van der Waals surface area contributed by atoms with Crippen LogP contribution in [0.1, 0.15) is 25.3 Å². The largest absolute Gasteiger partial charge is 0.393 e. The van der Waals surface area contributed by atoms with E-state index in [2.05, 4.69) is 29.3 Å². The molecule has 1 aliphatic heterocycles. The molecule has 0 unspecified atom stereocenters. The van der Waals surface area contributed by atoms with Gasteiger partial charge in [-0.3, -0.25) is 0 Å². The van der Waals surface area contributed by atoms with Crippen LogP contribution < -0.4 is 10.2 Å². The van der Waals surface area contributed by atoms with E-state index in [0.29, 0.717) is 6.54 Å². The molecular formula is C20H29N5O. The number of guanidine groups is 1. The molecule has 0 radical (unpaired) electrons. The van der Waals surface area contributed by atoms with Gasteiger partial charge in [-0.05, 0) is 37.5 Å². The average molecular weight is 355 g/mol. The van der Waals surface area contributed by atoms with Gasteiger partial charge in [-0.25, -0.2) is 9.98 Å². The molecule has 1 aromatic carbocycles. The van der Waals surface area contributed by atoms with Crippen molar-refractivity contribution in [2.24, 2.45) is 4.99 Å². The van der Waals surface area contributed by atoms with E-state index in [4.69, 9.17) is 9.98 Å². The molecular weight excluding hydrogens is 326 g/mol. The highest BCUT2D eigenvalue weighted by Crippen LogP contribution is 2.23. The number of piperidine rings is 1. The van der Waals surface area contributed by atoms with E-state index >= 15 is 0 Å². The molecule has 140 valence electrons. The van der Waals surface area contributed by atoms with Crippen LogP contribution in [0.4, 0.5) is 5.82 Å². The van der Waals surface area contributed by atoms with Crippen molar-refractivity contribution in [1.29, 1.82) is 0 Å². The molecule has 1 aliphatic rings. The smallest absolute Gasteiger partial charge is 0.194 e. The Labute approximate surface area is 155 Å². The molecule has 0 aliphatic carbocycles. The van der Waals surface area contributed by atoms with E-state index in [1.807, 2.05) is 37.2 Å². The standard InChI is InChI=1S/C20H29N5O/c1-4-21-20(25-11-9-16(26)10-12-25)22-14-15-13-19(24(2)3)23-18-8-6-5-7-17(15)18/h5-8,13,16,26H,4,9-12,14H2,1-3H3,(H,21,22). The number of pyridine rings is 1. The Kier molecular flexibility index (Phi) is 5.93. The van der Waals surface area contributed by atoms with Gasteiger partial charge in [-0.2, -0.15) is 0 Å². The molecule has 0 atom stereocenters. The number of aliphatic imine (C=N–C) groups is 1. The summed E-state index contributed by atoms with van der Waals surface area (Å²) in [5.41, 5.74) is 2.17. The minimum Gasteiger partial charge on any atom is -0.393 e. The molecule has 2 aromatic rings. The van der Waals surface area contributed by atoms with E-state index in [-0.39, 0.29) is 6.10 Å². The van der Waals surface area contributed by atoms with E-state index in [1.54, 1.807) is 0 Å². The fourth-order valence-corrected chi connectivity index (χ4v) is 3.26. The number of hydrogen-bond acceptors (Lipinski definition) is 4. The van der Waals surface area contributed by atoms with Crippen molar-refractivity contribution in [3.63, 3.8) is 0 Å². The molecule has 6 nitrogen and oxygen atoms in total. The monoisotopic (exact) mass is 355 g/mol. The summed E-state index contributed by atoms with van der Waals surface area (Å²) in [6.07, 6.45) is 1.42. The van der Waals surface area contributed by atoms with Gasteiger partial charge in [-0.1, -0.05) is 18.2 Å². The number of aliphatic hydroxyl groups excluding tert-OH is 1. The number of aromatic nitrogens is 1. The predicted octanol–water partition coefficient (Wildman–Crippen LogP) is 2.22. The lowest BCUT2D eigenvalue weighted by molar-refractivity contribution is 0.108. The summed E-state index contributed by atoms with van der Waals surface area (Å²) in [4.78, 5) is 13.9. The Hall–Kier alpha value is -2.34. The molecule has 0 spiro atoms. The second-order valence-corrected chi connectivity index (χ2v) is 6.94. The van der Waals surface area contributed by atoms with Crippen molar-refractivity contribution in [2.75, 3.05) is 38.6 Å². The molecule has 2 N–H and O–H groups in total. The summed E-state index contributed by atoms with van der Waals surface area (Å²) in [6.45, 7) is 5.20. The SMILES string of the molecule is CCNC(=NCc1cc(N(C)C)nc2ccccc12)N1CCC(O)CC1. The van der Waals surface area contributed by atoms with Crippen LogP contribution in [0, 0.1) is 0 Å². The summed E-state index contributed by atoms with van der Waals surface area (Å²) >= 11 is 0. The van der Waals surface area contributed by atoms with Gasteiger partial charge in [0, 0.05) is 39.1 Å². The molecule has 0 saturated carbocycles. The second kappa shape index (κ2) is 8.36. The molecule has 1 aromatic heterocycles. The zero-order valence-corrected chi connectivity index (χ0v) is 15.9. The third-order valence-corrected chi connectivity index (χ3v) is 4.74. The first-order chi connectivity index (χ1) is 12.6. The van der Waals surface area contributed by atoms with Crippen molar-refractivity contribution in [3.8, 4) is 0 Å². The number of rotatable bonds is 4. The third kappa shape index (κ3) is 4.25. The van der Waals surface area contributed by atoms with Gasteiger partial charge in [0.2, 0.25) is 0 Å². The summed E-state index contributed by atoms with van der Waals surface area (Å²) < 4.78 is 0. The van der Waals surface area contributed by atoms with Crippen molar-refractivity contribution in [2.45, 2.75) is 32.4 Å². The summed E-state index contributed by atoms with van der Waals surface area (Å²) in [5.74, 6) is 1.87. The summed E-state index contributed by atoms with van der Waals surface area (Å²) in [6, 6.07) is 10.3. The molecule has 1 saturated heterocycles. The highest BCUT2D eigenvalue weighted by atomic mass is 16.3. The zero-order chi connectivity index (χ0) is 18.5. The van der Waals surface area contributed by atoms with Crippen LogP contribution in [0.15, 0.2) is 35.3 Å². The molecule has 0 bridgehead atoms. The maximum absolute atomic E-state index is 9.75. The summed E-state index contributed by atoms with van der Waals surface area (Å²) in [7, 11) is 4.01. The fourth-order valence-electron chi connectivity index (χ4n) is 3.26. The number of aliphatic hydroxyl groups is 1. The van der Waals surface area contributed by atoms with Gasteiger partial charge in [0.05, 0.1) is 18.2 Å². The Bertz CT molecular complexity index is 766. The number of fused-ring (bicyclic) bond motifs is 1. The van der Waals surface area contributed by atoms with E-state index in [9.17, 15) is 5.11 Å². The lowest BCUT2D eigenvalue weighted by atomic mass is 10.1. The number of benzene rings is 1. The van der Waals surface area contributed by atoms with Gasteiger partial charge in [-0.15, -0.1) is 0 Å². The zero-order valence-electron chi connectivity index (χ0n) is 15.9. The predicted molar refractivity (Wildman–Crippen MR) is 108 cm³/mol. The number of hydrogen-bond donors (Lipinski definition) is 2. The number of para-hydroxylation sites is 1. The average Bonchev–Trinajstić information content (AvgIpc) is 2.65. The molecule has 26 heavy (non-hydrogen) atoms. The van der Waals surface area contributed by atoms with Crippen molar-refractivity contribution >= 4 is 22.7 Å². The first-order valence-electron chi connectivity index (χ1n) is 9.35. The molecule has 2 heterocycles. The van der Waals surface area contributed by atoms with Crippen LogP contribution in [0.25, 0.3) is 10.9 Å². The number of nitrogens with one attached hydrogen (secondary N) is 1. The first-order valence-corrected chi connectivity index (χ1v) is 9.35. The quantitative estimate of drug-likeness (QED) is 0.650. The Balaban J connectivity index is 1.89. The lowest BCUT2D eigenvalue weighted by Crippen LogP contribution is -2.46. The number of likely N-dealkylation sites (tertiary alicyclic amines) is 1. The Morgan fingerprint density at radius 3 is 2.73 bits per heavy atom. The van der Waals surface area contributed by atoms with Crippen LogP contribution in [0.3, 0.4) is 0 Å². The van der Waals surface area contributed by atoms with E-state index < -0.39 is 0 Å². The first kappa shape index (κ1) is 18.5. The van der Waals surface area contributed by atoms with Gasteiger partial charge in [0.25, 0.3) is 0 Å². The molecule has 0 amide bonds. The van der Waals surface area contributed by atoms with Gasteiger partial charge < -0.3 is 20.2 Å². The van der Waals surface area contributed by atoms with Crippen LogP contribution in [0.5, 0.6) is 0 Å². The van der Waals surface area contributed by atoms with Gasteiger partial charge in [0.1, 0.15) is 5.82 Å². The van der Waals surface area contributed by atoms with Crippen LogP contribution in [-0.2, 0) is 6.54 Å². The van der Waals surface area contributed by atoms with Gasteiger partial charge in [0.15, 0.2) is 5.96 Å². The van der Waals surface area contributed by atoms with Gasteiger partial charge >= 0.3 is 0 Å². The Morgan fingerprint density at radius 1 is 1.31 bits per heavy atom. The minimum atomic E-state index is -0.180. The fraction of sp³-hybridized carbons (Fsp3) is 0.500.